The van der Waals surface area contributed by atoms with Crippen LogP contribution in [0.5, 0.6) is 0 Å². The zero-order valence-corrected chi connectivity index (χ0v) is 16.9. The molecule has 0 radical (unpaired) electrons. The van der Waals surface area contributed by atoms with Crippen molar-refractivity contribution in [1.82, 2.24) is 20.1 Å². The van der Waals surface area contributed by atoms with Gasteiger partial charge in [0.15, 0.2) is 11.0 Å². The van der Waals surface area contributed by atoms with Gasteiger partial charge in [-0.25, -0.2) is 4.39 Å². The van der Waals surface area contributed by atoms with Crippen LogP contribution in [-0.2, 0) is 11.3 Å². The van der Waals surface area contributed by atoms with Gasteiger partial charge in [-0.1, -0.05) is 50.6 Å². The van der Waals surface area contributed by atoms with Gasteiger partial charge in [-0.05, 0) is 37.8 Å². The summed E-state index contributed by atoms with van der Waals surface area (Å²) in [4.78, 5) is 12.5. The Balaban J connectivity index is 1.80. The molecule has 1 amide bonds. The summed E-state index contributed by atoms with van der Waals surface area (Å²) in [6.07, 6.45) is 4.48. The van der Waals surface area contributed by atoms with E-state index in [0.29, 0.717) is 35.0 Å². The molecule has 1 heterocycles. The van der Waals surface area contributed by atoms with E-state index in [0.717, 1.165) is 12.8 Å². The summed E-state index contributed by atoms with van der Waals surface area (Å²) >= 11 is 1.38. The Hall–Kier alpha value is -1.89. The van der Waals surface area contributed by atoms with Crippen LogP contribution in [-0.4, -0.2) is 32.0 Å². The van der Waals surface area contributed by atoms with Crippen LogP contribution in [0.1, 0.15) is 46.5 Å². The number of hydrogen-bond acceptors (Lipinski definition) is 4. The molecule has 1 fully saturated rings. The third-order valence-corrected chi connectivity index (χ3v) is 5.81. The van der Waals surface area contributed by atoms with Crippen LogP contribution in [0.25, 0.3) is 11.4 Å². The minimum atomic E-state index is -0.321. The van der Waals surface area contributed by atoms with Gasteiger partial charge in [-0.15, -0.1) is 10.2 Å². The van der Waals surface area contributed by atoms with Crippen LogP contribution in [0.15, 0.2) is 29.4 Å². The third kappa shape index (κ3) is 4.89. The van der Waals surface area contributed by atoms with Crippen LogP contribution in [0.4, 0.5) is 4.39 Å². The van der Waals surface area contributed by atoms with Crippen LogP contribution < -0.4 is 5.32 Å². The second-order valence-corrected chi connectivity index (χ2v) is 8.85. The summed E-state index contributed by atoms with van der Waals surface area (Å²) in [6.45, 7) is 6.73. The number of halogens is 1. The average molecular weight is 391 g/mol. The number of benzene rings is 1. The first-order valence-corrected chi connectivity index (χ1v) is 10.5. The van der Waals surface area contributed by atoms with Gasteiger partial charge in [0.05, 0.1) is 10.8 Å². The van der Waals surface area contributed by atoms with Crippen molar-refractivity contribution >= 4 is 17.7 Å². The molecule has 0 spiro atoms. The maximum Gasteiger partial charge on any atom is 0.233 e. The van der Waals surface area contributed by atoms with Gasteiger partial charge in [-0.2, -0.15) is 0 Å². The number of nitrogens with zero attached hydrogens (tertiary/aromatic N) is 3. The van der Waals surface area contributed by atoms with Gasteiger partial charge >= 0.3 is 0 Å². The quantitative estimate of drug-likeness (QED) is 0.717. The highest BCUT2D eigenvalue weighted by molar-refractivity contribution is 8.00. The van der Waals surface area contributed by atoms with Crippen molar-refractivity contribution in [2.24, 2.45) is 5.92 Å². The van der Waals surface area contributed by atoms with E-state index in [4.69, 9.17) is 0 Å². The number of hydrogen-bond donors (Lipinski definition) is 1. The lowest BCUT2D eigenvalue weighted by Gasteiger charge is -2.17. The van der Waals surface area contributed by atoms with Crippen LogP contribution in [0, 0.1) is 11.7 Å². The molecule has 1 unspecified atom stereocenters. The predicted octanol–water partition coefficient (Wildman–Crippen LogP) is 4.28. The van der Waals surface area contributed by atoms with Gasteiger partial charge in [0, 0.05) is 12.6 Å². The van der Waals surface area contributed by atoms with E-state index in [9.17, 15) is 9.18 Å². The maximum absolute atomic E-state index is 14.3. The molecule has 0 saturated heterocycles. The molecule has 1 aliphatic rings. The Morgan fingerprint density at radius 3 is 2.63 bits per heavy atom. The van der Waals surface area contributed by atoms with Crippen molar-refractivity contribution in [3.8, 4) is 11.4 Å². The van der Waals surface area contributed by atoms with Crippen molar-refractivity contribution in [1.29, 1.82) is 0 Å². The summed E-state index contributed by atoms with van der Waals surface area (Å²) in [6, 6.07) is 6.88. The number of amides is 1. The molecule has 146 valence electrons. The summed E-state index contributed by atoms with van der Waals surface area (Å²) in [5.74, 6) is 0.554. The minimum absolute atomic E-state index is 0.0263. The lowest BCUT2D eigenvalue weighted by molar-refractivity contribution is -0.120. The highest BCUT2D eigenvalue weighted by atomic mass is 32.2. The van der Waals surface area contributed by atoms with Crippen LogP contribution in [0.2, 0.25) is 0 Å². The Kier molecular flexibility index (Phi) is 6.52. The molecular weight excluding hydrogens is 363 g/mol. The fourth-order valence-electron chi connectivity index (χ4n) is 3.35. The standard InChI is InChI=1S/C20H27FN4OS/c1-13(2)12-25-18(16-10-6-7-11-17(16)21)23-24-20(25)27-14(3)19(26)22-15-8-4-5-9-15/h6-7,10-11,13-15H,4-5,8-9,12H2,1-3H3,(H,22,26). The molecule has 7 heteroatoms. The molecule has 2 aromatic rings. The van der Waals surface area contributed by atoms with Crippen LogP contribution in [0.3, 0.4) is 0 Å². The van der Waals surface area contributed by atoms with Crippen molar-refractivity contribution in [3.05, 3.63) is 30.1 Å². The van der Waals surface area contributed by atoms with Gasteiger partial charge in [-0.3, -0.25) is 4.79 Å². The number of rotatable bonds is 7. The van der Waals surface area contributed by atoms with E-state index in [1.54, 1.807) is 18.2 Å². The smallest absolute Gasteiger partial charge is 0.233 e. The molecule has 1 atom stereocenters. The molecule has 5 nitrogen and oxygen atoms in total. The normalized spacial score (nSPS) is 16.0. The summed E-state index contributed by atoms with van der Waals surface area (Å²) in [7, 11) is 0. The topological polar surface area (TPSA) is 59.8 Å². The molecular formula is C20H27FN4OS. The van der Waals surface area contributed by atoms with Crippen molar-refractivity contribution < 1.29 is 9.18 Å². The monoisotopic (exact) mass is 390 g/mol. The van der Waals surface area contributed by atoms with E-state index in [1.807, 2.05) is 11.5 Å². The zero-order chi connectivity index (χ0) is 19.4. The molecule has 3 rings (SSSR count). The fourth-order valence-corrected chi connectivity index (χ4v) is 4.22. The number of carbonyl (C=O) groups is 1. The molecule has 27 heavy (non-hydrogen) atoms. The zero-order valence-electron chi connectivity index (χ0n) is 16.1. The molecule has 1 N–H and O–H groups in total. The van der Waals surface area contributed by atoms with E-state index in [1.165, 1.54) is 30.7 Å². The van der Waals surface area contributed by atoms with Gasteiger partial charge in [0.25, 0.3) is 0 Å². The van der Waals surface area contributed by atoms with E-state index < -0.39 is 0 Å². The largest absolute Gasteiger partial charge is 0.352 e. The van der Waals surface area contributed by atoms with Crippen molar-refractivity contribution in [2.75, 3.05) is 0 Å². The Morgan fingerprint density at radius 1 is 1.26 bits per heavy atom. The first-order chi connectivity index (χ1) is 13.0. The van der Waals surface area contributed by atoms with Gasteiger partial charge < -0.3 is 9.88 Å². The average Bonchev–Trinajstić information content (AvgIpc) is 3.26. The SMILES string of the molecule is CC(C)Cn1c(SC(C)C(=O)NC2CCCC2)nnc1-c1ccccc1F. The number of nitrogens with one attached hydrogen (secondary N) is 1. The molecule has 1 aliphatic carbocycles. The third-order valence-electron chi connectivity index (χ3n) is 4.73. The van der Waals surface area contributed by atoms with Crippen molar-refractivity contribution in [3.63, 3.8) is 0 Å². The number of carbonyl (C=O) groups excluding carboxylic acids is 1. The lowest BCUT2D eigenvalue weighted by atomic mass is 10.2. The Bertz CT molecular complexity index is 786. The Labute approximate surface area is 164 Å². The highest BCUT2D eigenvalue weighted by Crippen LogP contribution is 2.29. The molecule has 1 saturated carbocycles. The molecule has 0 aliphatic heterocycles. The van der Waals surface area contributed by atoms with Gasteiger partial charge in [0.1, 0.15) is 5.82 Å². The van der Waals surface area contributed by atoms with E-state index in [2.05, 4.69) is 29.4 Å². The van der Waals surface area contributed by atoms with Crippen molar-refractivity contribution in [2.45, 2.75) is 69.4 Å². The first-order valence-electron chi connectivity index (χ1n) is 9.61. The van der Waals surface area contributed by atoms with Crippen LogP contribution >= 0.6 is 11.8 Å². The van der Waals surface area contributed by atoms with E-state index >= 15 is 0 Å². The maximum atomic E-state index is 14.3. The minimum Gasteiger partial charge on any atom is -0.352 e. The summed E-state index contributed by atoms with van der Waals surface area (Å²) in [5.41, 5.74) is 0.431. The Morgan fingerprint density at radius 2 is 1.96 bits per heavy atom. The van der Waals surface area contributed by atoms with E-state index in [-0.39, 0.29) is 17.0 Å². The lowest BCUT2D eigenvalue weighted by Crippen LogP contribution is -2.37. The first kappa shape index (κ1) is 19.9. The second kappa shape index (κ2) is 8.87. The summed E-state index contributed by atoms with van der Waals surface area (Å²) in [5, 5.41) is 12.0. The summed E-state index contributed by atoms with van der Waals surface area (Å²) < 4.78 is 16.2. The fraction of sp³-hybridized carbons (Fsp3) is 0.550. The molecule has 0 bridgehead atoms. The molecule has 1 aromatic carbocycles. The number of thioether (sulfide) groups is 1. The molecule has 1 aromatic heterocycles. The number of aromatic nitrogens is 3. The van der Waals surface area contributed by atoms with Gasteiger partial charge in [0.2, 0.25) is 5.91 Å². The highest BCUT2D eigenvalue weighted by Gasteiger charge is 2.25. The second-order valence-electron chi connectivity index (χ2n) is 7.54. The predicted molar refractivity (Wildman–Crippen MR) is 106 cm³/mol.